The van der Waals surface area contributed by atoms with Gasteiger partial charge in [0.2, 0.25) is 0 Å². The lowest BCUT2D eigenvalue weighted by Crippen LogP contribution is -2.28. The number of hydrogen-bond donors (Lipinski definition) is 2. The molecule has 6 heteroatoms. The summed E-state index contributed by atoms with van der Waals surface area (Å²) in [6, 6.07) is 0. The van der Waals surface area contributed by atoms with Crippen molar-refractivity contribution in [1.82, 2.24) is 5.48 Å². The third-order valence-corrected chi connectivity index (χ3v) is 0.726. The van der Waals surface area contributed by atoms with Crippen LogP contribution in [0.1, 0.15) is 0 Å². The van der Waals surface area contributed by atoms with Crippen LogP contribution in [0.4, 0.5) is 0 Å². The van der Waals surface area contributed by atoms with Crippen LogP contribution in [0.3, 0.4) is 0 Å². The number of nitrogens with one attached hydrogen (secondary N) is 1. The number of hydroxylamine groups is 1. The highest BCUT2D eigenvalue weighted by molar-refractivity contribution is 6.80. The fraction of sp³-hybridized carbons (Fsp3) is 0.500. The minimum absolute atomic E-state index is 0.288. The van der Waals surface area contributed by atoms with E-state index in [9.17, 15) is 9.59 Å². The molecule has 0 saturated carbocycles. The van der Waals surface area contributed by atoms with Crippen LogP contribution in [0.2, 0.25) is 0 Å². The number of carbonyl (C=O) groups excluding carboxylic acids is 2. The normalized spacial score (nSPS) is 9.00. The smallest absolute Gasteiger partial charge is 0.364 e. The number of nitrogens with two attached hydrogens (primary N) is 1. The number of hydrogen-bond acceptors (Lipinski definition) is 5. The van der Waals surface area contributed by atoms with Gasteiger partial charge in [0.25, 0.3) is 0 Å². The van der Waals surface area contributed by atoms with Crippen molar-refractivity contribution in [3.05, 3.63) is 0 Å². The monoisotopic (exact) mass is 166 g/mol. The molecule has 0 saturated heterocycles. The van der Waals surface area contributed by atoms with Gasteiger partial charge in [-0.15, -0.1) is 0 Å². The van der Waals surface area contributed by atoms with Crippen LogP contribution in [0.5, 0.6) is 0 Å². The van der Waals surface area contributed by atoms with Crippen molar-refractivity contribution < 1.29 is 14.4 Å². The van der Waals surface area contributed by atoms with E-state index in [1.54, 1.807) is 0 Å². The summed E-state index contributed by atoms with van der Waals surface area (Å²) < 4.78 is 0. The maximum atomic E-state index is 10.2. The predicted molar refractivity (Wildman–Crippen MR) is 34.0 cm³/mol. The van der Waals surface area contributed by atoms with E-state index in [1.807, 2.05) is 0 Å². The fourth-order valence-corrected chi connectivity index (χ4v) is 0.254. The molecule has 0 aromatic carbocycles. The van der Waals surface area contributed by atoms with Crippen molar-refractivity contribution in [2.75, 3.05) is 13.1 Å². The molecule has 0 bridgehead atoms. The Labute approximate surface area is 62.4 Å². The highest BCUT2D eigenvalue weighted by atomic mass is 35.5. The predicted octanol–water partition coefficient (Wildman–Crippen LogP) is -1.24. The van der Waals surface area contributed by atoms with Gasteiger partial charge >= 0.3 is 11.2 Å². The first-order valence-electron chi connectivity index (χ1n) is 2.52. The molecule has 58 valence electrons. The van der Waals surface area contributed by atoms with E-state index in [0.29, 0.717) is 6.54 Å². The summed E-state index contributed by atoms with van der Waals surface area (Å²) in [6.07, 6.45) is 0. The first kappa shape index (κ1) is 9.35. The minimum atomic E-state index is -1.16. The molecule has 10 heavy (non-hydrogen) atoms. The zero-order valence-corrected chi connectivity index (χ0v) is 5.85. The Kier molecular flexibility index (Phi) is 4.82. The van der Waals surface area contributed by atoms with Gasteiger partial charge in [-0.3, -0.25) is 4.79 Å². The maximum Gasteiger partial charge on any atom is 0.410 e. The molecule has 0 heterocycles. The molecule has 0 atom stereocenters. The van der Waals surface area contributed by atoms with Gasteiger partial charge in [-0.25, -0.2) is 4.79 Å². The molecule has 0 aromatic heterocycles. The van der Waals surface area contributed by atoms with Gasteiger partial charge in [0.05, 0.1) is 0 Å². The van der Waals surface area contributed by atoms with Crippen molar-refractivity contribution >= 4 is 22.8 Å². The topological polar surface area (TPSA) is 81.4 Å². The highest BCUT2D eigenvalue weighted by Gasteiger charge is 2.10. The third-order valence-electron chi connectivity index (χ3n) is 0.572. The standard InChI is InChI=1S/C4H7ClN2O3/c5-3(8)4(9)10-7-2-1-6/h7H,1-2,6H2. The third kappa shape index (κ3) is 4.25. The van der Waals surface area contributed by atoms with Gasteiger partial charge in [-0.2, -0.15) is 5.48 Å². The Balaban J connectivity index is 3.31. The molecule has 0 unspecified atom stereocenters. The SMILES string of the molecule is NCCNOC(=O)C(=O)Cl. The van der Waals surface area contributed by atoms with Gasteiger partial charge in [-0.1, -0.05) is 0 Å². The van der Waals surface area contributed by atoms with Gasteiger partial charge in [-0.05, 0) is 11.6 Å². The lowest BCUT2D eigenvalue weighted by Gasteiger charge is -1.99. The van der Waals surface area contributed by atoms with E-state index in [-0.39, 0.29) is 6.54 Å². The average Bonchev–Trinajstić information content (AvgIpc) is 1.88. The van der Waals surface area contributed by atoms with E-state index in [2.05, 4.69) is 10.3 Å². The lowest BCUT2D eigenvalue weighted by molar-refractivity contribution is -0.156. The average molecular weight is 167 g/mol. The van der Waals surface area contributed by atoms with Crippen molar-refractivity contribution in [1.29, 1.82) is 0 Å². The molecule has 0 aliphatic heterocycles. The van der Waals surface area contributed by atoms with Crippen LogP contribution >= 0.6 is 11.6 Å². The molecule has 3 N–H and O–H groups in total. The summed E-state index contributed by atoms with van der Waals surface area (Å²) in [7, 11) is 0. The molecule has 0 rings (SSSR count). The Morgan fingerprint density at radius 1 is 1.60 bits per heavy atom. The van der Waals surface area contributed by atoms with E-state index < -0.39 is 11.2 Å². The second kappa shape index (κ2) is 5.16. The van der Waals surface area contributed by atoms with E-state index in [4.69, 9.17) is 17.3 Å². The molecule has 5 nitrogen and oxygen atoms in total. The van der Waals surface area contributed by atoms with Crippen LogP contribution in [0.25, 0.3) is 0 Å². The molecule has 0 fully saturated rings. The number of halogens is 1. The molecule has 0 radical (unpaired) electrons. The van der Waals surface area contributed by atoms with Crippen molar-refractivity contribution in [2.45, 2.75) is 0 Å². The zero-order chi connectivity index (χ0) is 7.98. The summed E-state index contributed by atoms with van der Waals surface area (Å²) in [4.78, 5) is 24.3. The number of rotatable bonds is 4. The van der Waals surface area contributed by atoms with Gasteiger partial charge < -0.3 is 10.6 Å². The summed E-state index contributed by atoms with van der Waals surface area (Å²) >= 11 is 4.72. The summed E-state index contributed by atoms with van der Waals surface area (Å²) in [5.74, 6) is -1.13. The summed E-state index contributed by atoms with van der Waals surface area (Å²) in [5.41, 5.74) is 7.16. The summed E-state index contributed by atoms with van der Waals surface area (Å²) in [6.45, 7) is 0.597. The quantitative estimate of drug-likeness (QED) is 0.236. The van der Waals surface area contributed by atoms with Gasteiger partial charge in [0, 0.05) is 13.1 Å². The van der Waals surface area contributed by atoms with E-state index >= 15 is 0 Å². The molecular formula is C4H7ClN2O3. The second-order valence-corrected chi connectivity index (χ2v) is 1.69. The van der Waals surface area contributed by atoms with Crippen LogP contribution in [0, 0.1) is 0 Å². The molecule has 0 amide bonds. The van der Waals surface area contributed by atoms with Crippen molar-refractivity contribution in [3.8, 4) is 0 Å². The number of carbonyl (C=O) groups is 2. The fourth-order valence-electron chi connectivity index (χ4n) is 0.216. The van der Waals surface area contributed by atoms with Crippen molar-refractivity contribution in [2.24, 2.45) is 5.73 Å². The molecular weight excluding hydrogens is 160 g/mol. The molecule has 0 spiro atoms. The molecule has 0 aliphatic rings. The van der Waals surface area contributed by atoms with Gasteiger partial charge in [0.1, 0.15) is 0 Å². The first-order chi connectivity index (χ1) is 4.68. The molecule has 0 aromatic rings. The maximum absolute atomic E-state index is 10.2. The second-order valence-electron chi connectivity index (χ2n) is 1.35. The van der Waals surface area contributed by atoms with E-state index in [1.165, 1.54) is 0 Å². The van der Waals surface area contributed by atoms with Crippen LogP contribution < -0.4 is 11.2 Å². The Hall–Kier alpha value is -0.650. The lowest BCUT2D eigenvalue weighted by atomic mass is 10.7. The minimum Gasteiger partial charge on any atom is -0.364 e. The Morgan fingerprint density at radius 3 is 2.60 bits per heavy atom. The first-order valence-corrected chi connectivity index (χ1v) is 2.90. The van der Waals surface area contributed by atoms with E-state index in [0.717, 1.165) is 0 Å². The largest absolute Gasteiger partial charge is 0.410 e. The highest BCUT2D eigenvalue weighted by Crippen LogP contribution is 1.81. The Bertz CT molecular complexity index is 138. The van der Waals surface area contributed by atoms with Crippen LogP contribution in [0.15, 0.2) is 0 Å². The van der Waals surface area contributed by atoms with Gasteiger partial charge in [0.15, 0.2) is 0 Å². The molecule has 0 aliphatic carbocycles. The Morgan fingerprint density at radius 2 is 2.20 bits per heavy atom. The summed E-state index contributed by atoms with van der Waals surface area (Å²) in [5, 5.41) is -1.16. The van der Waals surface area contributed by atoms with Crippen LogP contribution in [-0.2, 0) is 14.4 Å². The zero-order valence-electron chi connectivity index (χ0n) is 5.09. The van der Waals surface area contributed by atoms with Crippen molar-refractivity contribution in [3.63, 3.8) is 0 Å². The van der Waals surface area contributed by atoms with Crippen LogP contribution in [-0.4, -0.2) is 24.3 Å².